The summed E-state index contributed by atoms with van der Waals surface area (Å²) in [4.78, 5) is 2.13. The van der Waals surface area contributed by atoms with Crippen molar-refractivity contribution >= 4 is 11.8 Å². The lowest BCUT2D eigenvalue weighted by Crippen LogP contribution is -2.11. The molecular formula is C13H20N2. The van der Waals surface area contributed by atoms with Gasteiger partial charge in [0.15, 0.2) is 0 Å². The third-order valence-electron chi connectivity index (χ3n) is 2.25. The van der Waals surface area contributed by atoms with Crippen LogP contribution in [0.15, 0.2) is 30.0 Å². The normalized spacial score (nSPS) is 11.3. The molecule has 0 spiro atoms. The first-order valence-electron chi connectivity index (χ1n) is 5.33. The van der Waals surface area contributed by atoms with E-state index in [2.05, 4.69) is 68.5 Å². The molecule has 1 N–H and O–H groups in total. The van der Waals surface area contributed by atoms with Crippen LogP contribution in [0.25, 0.3) is 6.08 Å². The van der Waals surface area contributed by atoms with Gasteiger partial charge in [-0.05, 0) is 31.6 Å². The fourth-order valence-corrected chi connectivity index (χ4v) is 1.58. The second kappa shape index (κ2) is 5.44. The lowest BCUT2D eigenvalue weighted by atomic mass is 10.1. The summed E-state index contributed by atoms with van der Waals surface area (Å²) in [7, 11) is 4.13. The van der Waals surface area contributed by atoms with Crippen molar-refractivity contribution in [3.63, 3.8) is 0 Å². The molecule has 2 nitrogen and oxygen atoms in total. The van der Waals surface area contributed by atoms with Gasteiger partial charge in [0, 0.05) is 32.0 Å². The van der Waals surface area contributed by atoms with Crippen LogP contribution in [0.2, 0.25) is 0 Å². The molecular weight excluding hydrogens is 184 g/mol. The molecule has 0 aliphatic rings. The molecule has 0 radical (unpaired) electrons. The van der Waals surface area contributed by atoms with Gasteiger partial charge in [-0.25, -0.2) is 0 Å². The Balaban J connectivity index is 2.98. The summed E-state index contributed by atoms with van der Waals surface area (Å²) >= 11 is 0. The van der Waals surface area contributed by atoms with Gasteiger partial charge in [-0.2, -0.15) is 0 Å². The number of hydrogen-bond acceptors (Lipinski definition) is 2. The van der Waals surface area contributed by atoms with E-state index in [0.29, 0.717) is 0 Å². The van der Waals surface area contributed by atoms with E-state index in [0.717, 1.165) is 6.54 Å². The lowest BCUT2D eigenvalue weighted by Gasteiger charge is -2.16. The van der Waals surface area contributed by atoms with Crippen molar-refractivity contribution < 1.29 is 0 Å². The first-order valence-corrected chi connectivity index (χ1v) is 5.33. The molecule has 0 unspecified atom stereocenters. The smallest absolute Gasteiger partial charge is 0.0435 e. The lowest BCUT2D eigenvalue weighted by molar-refractivity contribution is 0.861. The van der Waals surface area contributed by atoms with E-state index >= 15 is 0 Å². The van der Waals surface area contributed by atoms with Crippen LogP contribution in [0.3, 0.4) is 0 Å². The molecule has 2 heteroatoms. The number of hydrogen-bond donors (Lipinski definition) is 1. The van der Waals surface area contributed by atoms with Crippen molar-refractivity contribution in [3.8, 4) is 0 Å². The molecule has 82 valence electrons. The predicted octanol–water partition coefficient (Wildman–Crippen LogP) is 2.72. The topological polar surface area (TPSA) is 15.3 Å². The van der Waals surface area contributed by atoms with Gasteiger partial charge in [-0.15, -0.1) is 0 Å². The van der Waals surface area contributed by atoms with E-state index < -0.39 is 0 Å². The third-order valence-corrected chi connectivity index (χ3v) is 2.25. The van der Waals surface area contributed by atoms with Crippen molar-refractivity contribution in [1.29, 1.82) is 0 Å². The first kappa shape index (κ1) is 11.6. The number of anilines is 1. The maximum absolute atomic E-state index is 3.30. The van der Waals surface area contributed by atoms with Crippen molar-refractivity contribution in [2.24, 2.45) is 0 Å². The largest absolute Gasteiger partial charge is 0.389 e. The zero-order valence-corrected chi connectivity index (χ0v) is 10.0. The standard InChI is InChI=1S/C13H20N2/c1-5-14-11(2)10-12-8-6-7-9-13(12)15(3)4/h6-10,14H,5H2,1-4H3. The Kier molecular flexibility index (Phi) is 4.22. The second-order valence-electron chi connectivity index (χ2n) is 3.81. The highest BCUT2D eigenvalue weighted by atomic mass is 15.1. The van der Waals surface area contributed by atoms with Gasteiger partial charge < -0.3 is 10.2 Å². The second-order valence-corrected chi connectivity index (χ2v) is 3.81. The fourth-order valence-electron chi connectivity index (χ4n) is 1.58. The minimum atomic E-state index is 0.965. The first-order chi connectivity index (χ1) is 7.15. The van der Waals surface area contributed by atoms with E-state index in [1.807, 2.05) is 0 Å². The molecule has 0 fully saturated rings. The Morgan fingerprint density at radius 1 is 1.33 bits per heavy atom. The van der Waals surface area contributed by atoms with Gasteiger partial charge in [0.25, 0.3) is 0 Å². The highest BCUT2D eigenvalue weighted by molar-refractivity contribution is 5.68. The van der Waals surface area contributed by atoms with Crippen LogP contribution in [0, 0.1) is 0 Å². The quantitative estimate of drug-likeness (QED) is 0.811. The van der Waals surface area contributed by atoms with Crippen LogP contribution >= 0.6 is 0 Å². The molecule has 1 rings (SSSR count). The molecule has 0 atom stereocenters. The molecule has 0 heterocycles. The van der Waals surface area contributed by atoms with Crippen molar-refractivity contribution in [2.75, 3.05) is 25.5 Å². The van der Waals surface area contributed by atoms with E-state index in [1.54, 1.807) is 0 Å². The summed E-state index contributed by atoms with van der Waals surface area (Å²) in [6, 6.07) is 8.40. The van der Waals surface area contributed by atoms with Gasteiger partial charge in [-0.3, -0.25) is 0 Å². The number of allylic oxidation sites excluding steroid dienone is 1. The van der Waals surface area contributed by atoms with Gasteiger partial charge in [-0.1, -0.05) is 18.2 Å². The van der Waals surface area contributed by atoms with Gasteiger partial charge >= 0.3 is 0 Å². The Bertz CT molecular complexity index is 340. The average Bonchev–Trinajstić information content (AvgIpc) is 2.18. The van der Waals surface area contributed by atoms with Gasteiger partial charge in [0.05, 0.1) is 0 Å². The van der Waals surface area contributed by atoms with E-state index in [9.17, 15) is 0 Å². The zero-order valence-electron chi connectivity index (χ0n) is 10.0. The Labute approximate surface area is 92.6 Å². The predicted molar refractivity (Wildman–Crippen MR) is 68.1 cm³/mol. The molecule has 1 aromatic rings. The molecule has 0 amide bonds. The molecule has 0 aliphatic carbocycles. The van der Waals surface area contributed by atoms with E-state index in [-0.39, 0.29) is 0 Å². The molecule has 0 saturated heterocycles. The summed E-state index contributed by atoms with van der Waals surface area (Å²) in [6.07, 6.45) is 2.18. The summed E-state index contributed by atoms with van der Waals surface area (Å²) in [5.74, 6) is 0. The monoisotopic (exact) mass is 204 g/mol. The highest BCUT2D eigenvalue weighted by Crippen LogP contribution is 2.20. The fraction of sp³-hybridized carbons (Fsp3) is 0.385. The summed E-state index contributed by atoms with van der Waals surface area (Å²) < 4.78 is 0. The Hall–Kier alpha value is -1.44. The average molecular weight is 204 g/mol. The Morgan fingerprint density at radius 2 is 2.00 bits per heavy atom. The molecule has 0 aliphatic heterocycles. The van der Waals surface area contributed by atoms with Crippen LogP contribution in [0.4, 0.5) is 5.69 Å². The van der Waals surface area contributed by atoms with Crippen molar-refractivity contribution in [1.82, 2.24) is 5.32 Å². The molecule has 0 aromatic heterocycles. The number of nitrogens with one attached hydrogen (secondary N) is 1. The van der Waals surface area contributed by atoms with E-state index in [1.165, 1.54) is 16.9 Å². The molecule has 0 saturated carbocycles. The van der Waals surface area contributed by atoms with E-state index in [4.69, 9.17) is 0 Å². The maximum atomic E-state index is 3.30. The maximum Gasteiger partial charge on any atom is 0.0435 e. The summed E-state index contributed by atoms with van der Waals surface area (Å²) in [6.45, 7) is 5.16. The SMILES string of the molecule is CCNC(C)=Cc1ccccc1N(C)C. The van der Waals surface area contributed by atoms with Crippen LogP contribution in [-0.2, 0) is 0 Å². The minimum Gasteiger partial charge on any atom is -0.389 e. The highest BCUT2D eigenvalue weighted by Gasteiger charge is 2.00. The minimum absolute atomic E-state index is 0.965. The summed E-state index contributed by atoms with van der Waals surface area (Å²) in [5.41, 5.74) is 3.70. The molecule has 1 aromatic carbocycles. The molecule has 0 bridgehead atoms. The van der Waals surface area contributed by atoms with Crippen molar-refractivity contribution in [2.45, 2.75) is 13.8 Å². The van der Waals surface area contributed by atoms with Crippen LogP contribution in [-0.4, -0.2) is 20.6 Å². The summed E-state index contributed by atoms with van der Waals surface area (Å²) in [5, 5.41) is 3.30. The van der Waals surface area contributed by atoms with Gasteiger partial charge in [0.2, 0.25) is 0 Å². The number of benzene rings is 1. The molecule has 15 heavy (non-hydrogen) atoms. The number of nitrogens with zero attached hydrogens (tertiary/aromatic N) is 1. The number of rotatable bonds is 4. The zero-order chi connectivity index (χ0) is 11.3. The Morgan fingerprint density at radius 3 is 2.60 bits per heavy atom. The number of para-hydroxylation sites is 1. The third kappa shape index (κ3) is 3.31. The van der Waals surface area contributed by atoms with Crippen LogP contribution in [0.1, 0.15) is 19.4 Å². The van der Waals surface area contributed by atoms with Gasteiger partial charge in [0.1, 0.15) is 0 Å². The van der Waals surface area contributed by atoms with Crippen molar-refractivity contribution in [3.05, 3.63) is 35.5 Å². The van der Waals surface area contributed by atoms with Crippen LogP contribution in [0.5, 0.6) is 0 Å². The van der Waals surface area contributed by atoms with Crippen LogP contribution < -0.4 is 10.2 Å².